The van der Waals surface area contributed by atoms with Gasteiger partial charge in [-0.05, 0) is 75.5 Å². The summed E-state index contributed by atoms with van der Waals surface area (Å²) in [4.78, 5) is 26.7. The maximum atomic E-state index is 14.0. The molecule has 2 atom stereocenters. The lowest BCUT2D eigenvalue weighted by molar-refractivity contribution is -0.143. The number of hydrogen-bond acceptors (Lipinski definition) is 5. The lowest BCUT2D eigenvalue weighted by atomic mass is 9.59. The first-order valence-corrected chi connectivity index (χ1v) is 15.7. The summed E-state index contributed by atoms with van der Waals surface area (Å²) in [6.07, 6.45) is 14.1. The number of amides is 2. The number of ether oxygens (including phenoxy) is 1. The van der Waals surface area contributed by atoms with Crippen LogP contribution >= 0.6 is 11.6 Å². The predicted octanol–water partition coefficient (Wildman–Crippen LogP) is 5.03. The number of hydrogen-bond donors (Lipinski definition) is 4. The van der Waals surface area contributed by atoms with E-state index in [9.17, 15) is 19.1 Å². The van der Waals surface area contributed by atoms with Gasteiger partial charge in [0.1, 0.15) is 11.6 Å². The van der Waals surface area contributed by atoms with Gasteiger partial charge in [0, 0.05) is 24.1 Å². The van der Waals surface area contributed by atoms with Gasteiger partial charge in [-0.1, -0.05) is 56.5 Å². The van der Waals surface area contributed by atoms with Gasteiger partial charge in [0.05, 0.1) is 16.7 Å². The number of aliphatic hydroxyl groups excluding tert-OH is 1. The molecule has 0 radical (unpaired) electrons. The van der Waals surface area contributed by atoms with Crippen molar-refractivity contribution < 1.29 is 23.8 Å². The van der Waals surface area contributed by atoms with E-state index in [2.05, 4.69) is 16.0 Å². The summed E-state index contributed by atoms with van der Waals surface area (Å²) in [6, 6.07) is 4.06. The van der Waals surface area contributed by atoms with Crippen LogP contribution in [0.15, 0.2) is 18.2 Å². The molecule has 4 aliphatic carbocycles. The van der Waals surface area contributed by atoms with E-state index in [0.717, 1.165) is 38.4 Å². The van der Waals surface area contributed by atoms with Gasteiger partial charge in [-0.3, -0.25) is 9.59 Å². The molecule has 5 fully saturated rings. The van der Waals surface area contributed by atoms with Gasteiger partial charge >= 0.3 is 0 Å². The molecule has 9 heteroatoms. The molecule has 4 saturated carbocycles. The minimum Gasteiger partial charge on any atom is -0.484 e. The number of piperidine rings is 1. The fraction of sp³-hybridized carbons (Fsp3) is 0.742. The van der Waals surface area contributed by atoms with Gasteiger partial charge in [0.25, 0.3) is 5.91 Å². The van der Waals surface area contributed by atoms with E-state index >= 15 is 0 Å². The van der Waals surface area contributed by atoms with Gasteiger partial charge in [0.2, 0.25) is 5.91 Å². The normalized spacial score (nSPS) is 32.3. The third kappa shape index (κ3) is 6.44. The summed E-state index contributed by atoms with van der Waals surface area (Å²) in [6.45, 7) is 1.51. The van der Waals surface area contributed by atoms with Gasteiger partial charge in [-0.2, -0.15) is 0 Å². The van der Waals surface area contributed by atoms with Gasteiger partial charge < -0.3 is 25.8 Å². The molecule has 222 valence electrons. The van der Waals surface area contributed by atoms with E-state index in [-0.39, 0.29) is 40.5 Å². The van der Waals surface area contributed by atoms with E-state index < -0.39 is 23.0 Å². The van der Waals surface area contributed by atoms with E-state index in [0.29, 0.717) is 32.1 Å². The highest BCUT2D eigenvalue weighted by atomic mass is 35.5. The van der Waals surface area contributed by atoms with Crippen molar-refractivity contribution in [1.82, 2.24) is 16.0 Å². The number of carbonyl (C=O) groups excluding carboxylic acids is 2. The van der Waals surface area contributed by atoms with Crippen LogP contribution in [0.25, 0.3) is 0 Å². The number of carbonyl (C=O) groups is 2. The summed E-state index contributed by atoms with van der Waals surface area (Å²) < 4.78 is 19.1. The monoisotopic (exact) mass is 577 g/mol. The molecule has 2 bridgehead atoms. The third-order valence-corrected chi connectivity index (χ3v) is 10.7. The van der Waals surface area contributed by atoms with Crippen LogP contribution < -0.4 is 20.7 Å². The average Bonchev–Trinajstić information content (AvgIpc) is 2.94. The molecule has 1 aromatic rings. The Hall–Kier alpha value is -1.90. The highest BCUT2D eigenvalue weighted by Gasteiger charge is 2.56. The van der Waals surface area contributed by atoms with Gasteiger partial charge in [0.15, 0.2) is 6.61 Å². The summed E-state index contributed by atoms with van der Waals surface area (Å²) in [7, 11) is 0. The third-order valence-electron chi connectivity index (χ3n) is 10.4. The van der Waals surface area contributed by atoms with Gasteiger partial charge in [-0.25, -0.2) is 4.39 Å². The molecule has 1 saturated heterocycles. The van der Waals surface area contributed by atoms with E-state index in [1.807, 2.05) is 0 Å². The number of halogens is 2. The quantitative estimate of drug-likeness (QED) is 0.380. The molecule has 1 spiro atoms. The van der Waals surface area contributed by atoms with E-state index in [1.165, 1.54) is 57.1 Å². The smallest absolute Gasteiger partial charge is 0.258 e. The Morgan fingerprint density at radius 1 is 1.00 bits per heavy atom. The predicted molar refractivity (Wildman–Crippen MR) is 153 cm³/mol. The lowest BCUT2D eigenvalue weighted by Crippen LogP contribution is -2.71. The number of aliphatic hydroxyl groups is 1. The molecule has 5 aliphatic rings. The van der Waals surface area contributed by atoms with Crippen molar-refractivity contribution in [3.05, 3.63) is 29.0 Å². The second kappa shape index (κ2) is 12.5. The second-order valence-corrected chi connectivity index (χ2v) is 13.3. The lowest BCUT2D eigenvalue weighted by Gasteiger charge is -2.57. The minimum absolute atomic E-state index is 0.00414. The van der Waals surface area contributed by atoms with Crippen molar-refractivity contribution in [3.8, 4) is 5.75 Å². The summed E-state index contributed by atoms with van der Waals surface area (Å²) >= 11 is 5.71. The van der Waals surface area contributed by atoms with Crippen molar-refractivity contribution in [2.45, 2.75) is 113 Å². The standard InChI is InChI=1S/C31H45ClFN3O4/c32-24-9-8-22(18-25(24)33)40-20-27(38)35-30-13-15-31(16-14-30,26(37)19-30)36-28(39)23-10-17-34-21-29(23)11-6-4-2-1-3-5-7-12-29/h8-9,18,23,26,34,37H,1-7,10-17,19-21H2,(H,35,38)(H,36,39). The van der Waals surface area contributed by atoms with Crippen molar-refractivity contribution in [2.75, 3.05) is 19.7 Å². The molecule has 2 unspecified atom stereocenters. The van der Waals surface area contributed by atoms with Crippen LogP contribution in [-0.2, 0) is 9.59 Å². The van der Waals surface area contributed by atoms with Crippen LogP contribution in [0.4, 0.5) is 4.39 Å². The highest BCUT2D eigenvalue weighted by Crippen LogP contribution is 2.48. The zero-order valence-electron chi connectivity index (χ0n) is 23.5. The van der Waals surface area contributed by atoms with Gasteiger partial charge in [-0.15, -0.1) is 0 Å². The first-order chi connectivity index (χ1) is 19.2. The average molecular weight is 578 g/mol. The fourth-order valence-corrected chi connectivity index (χ4v) is 8.07. The Balaban J connectivity index is 1.19. The molecule has 1 heterocycles. The molecular formula is C31H45ClFN3O4. The molecule has 1 aromatic carbocycles. The zero-order valence-corrected chi connectivity index (χ0v) is 24.3. The molecule has 7 nitrogen and oxygen atoms in total. The highest BCUT2D eigenvalue weighted by molar-refractivity contribution is 6.30. The fourth-order valence-electron chi connectivity index (χ4n) is 7.95. The summed E-state index contributed by atoms with van der Waals surface area (Å²) in [5.74, 6) is -0.601. The maximum absolute atomic E-state index is 14.0. The topological polar surface area (TPSA) is 99.7 Å². The Morgan fingerprint density at radius 3 is 2.33 bits per heavy atom. The van der Waals surface area contributed by atoms with Crippen molar-refractivity contribution in [3.63, 3.8) is 0 Å². The number of rotatable bonds is 6. The number of benzene rings is 1. The SMILES string of the molecule is O=C(COc1ccc(Cl)c(F)c1)NC12CCC(NC(=O)C3CCNCC34CCCCCCCCC4)(CC1)C(O)C2. The van der Waals surface area contributed by atoms with E-state index in [1.54, 1.807) is 0 Å². The largest absolute Gasteiger partial charge is 0.484 e. The van der Waals surface area contributed by atoms with Crippen molar-refractivity contribution in [2.24, 2.45) is 11.3 Å². The Bertz CT molecular complexity index is 1050. The molecule has 1 aliphatic heterocycles. The molecule has 2 amide bonds. The van der Waals surface area contributed by atoms with Crippen LogP contribution in [0.2, 0.25) is 5.02 Å². The van der Waals surface area contributed by atoms with Crippen LogP contribution in [0.1, 0.15) is 96.3 Å². The zero-order chi connectivity index (χ0) is 28.2. The van der Waals surface area contributed by atoms with Crippen LogP contribution in [0, 0.1) is 17.2 Å². The summed E-state index contributed by atoms with van der Waals surface area (Å²) in [5, 5.41) is 21.4. The number of fused-ring (bicyclic) bond motifs is 3. The maximum Gasteiger partial charge on any atom is 0.258 e. The van der Waals surface area contributed by atoms with Crippen LogP contribution in [0.5, 0.6) is 5.75 Å². The molecule has 6 rings (SSSR count). The van der Waals surface area contributed by atoms with E-state index in [4.69, 9.17) is 16.3 Å². The van der Waals surface area contributed by atoms with Crippen LogP contribution in [-0.4, -0.2) is 53.8 Å². The molecule has 4 N–H and O–H groups in total. The molecular weight excluding hydrogens is 533 g/mol. The second-order valence-electron chi connectivity index (χ2n) is 12.9. The Labute approximate surface area is 242 Å². The first-order valence-electron chi connectivity index (χ1n) is 15.3. The first kappa shape index (κ1) is 29.6. The van der Waals surface area contributed by atoms with Crippen LogP contribution in [0.3, 0.4) is 0 Å². The number of nitrogens with one attached hydrogen (secondary N) is 3. The minimum atomic E-state index is -0.729. The Morgan fingerprint density at radius 2 is 1.68 bits per heavy atom. The van der Waals surface area contributed by atoms with Crippen molar-refractivity contribution >= 4 is 23.4 Å². The molecule has 0 aromatic heterocycles. The summed E-state index contributed by atoms with van der Waals surface area (Å²) in [5.41, 5.74) is -1.16. The Kier molecular flexibility index (Phi) is 9.27. The molecule has 40 heavy (non-hydrogen) atoms. The van der Waals surface area contributed by atoms with Crippen molar-refractivity contribution in [1.29, 1.82) is 0 Å².